The van der Waals surface area contributed by atoms with Gasteiger partial charge in [0.25, 0.3) is 5.91 Å². The average molecular weight is 409 g/mol. The molecule has 3 N–H and O–H groups in total. The van der Waals surface area contributed by atoms with Crippen LogP contribution in [-0.4, -0.2) is 32.3 Å². The zero-order chi connectivity index (χ0) is 20.8. The molecule has 7 nitrogen and oxygen atoms in total. The van der Waals surface area contributed by atoms with Crippen molar-refractivity contribution in [1.82, 2.24) is 5.43 Å². The van der Waals surface area contributed by atoms with Crippen molar-refractivity contribution in [3.63, 3.8) is 0 Å². The van der Waals surface area contributed by atoms with Gasteiger partial charge in [0.2, 0.25) is 0 Å². The van der Waals surface area contributed by atoms with Crippen molar-refractivity contribution in [3.05, 3.63) is 70.6 Å². The molecule has 0 aliphatic heterocycles. The molecule has 3 rings (SSSR count). The van der Waals surface area contributed by atoms with E-state index in [2.05, 4.69) is 15.3 Å². The number of amides is 1. The first-order valence-electron chi connectivity index (χ1n) is 8.57. The van der Waals surface area contributed by atoms with Crippen LogP contribution in [0, 0.1) is 0 Å². The second-order valence-electron chi connectivity index (χ2n) is 5.94. The van der Waals surface area contributed by atoms with Crippen LogP contribution in [0.25, 0.3) is 10.4 Å². The molecule has 0 aliphatic rings. The molecular formula is C21H19N3O4S. The Hall–Kier alpha value is -3.65. The third-order valence-corrected chi connectivity index (χ3v) is 5.25. The lowest BCUT2D eigenvalue weighted by molar-refractivity contribution is 0.0600. The van der Waals surface area contributed by atoms with Gasteiger partial charge in [-0.25, -0.2) is 10.2 Å². The Morgan fingerprint density at radius 2 is 1.76 bits per heavy atom. The number of nitrogens with one attached hydrogen (secondary N) is 1. The number of nitrogens with zero attached hydrogens (tertiary/aromatic N) is 1. The minimum absolute atomic E-state index is 0.383. The van der Waals surface area contributed by atoms with Gasteiger partial charge in [-0.05, 0) is 53.6 Å². The van der Waals surface area contributed by atoms with Crippen LogP contribution in [0.3, 0.4) is 0 Å². The number of methoxy groups -OCH3 is 2. The third-order valence-electron chi connectivity index (χ3n) is 4.05. The van der Waals surface area contributed by atoms with Gasteiger partial charge in [0.1, 0.15) is 10.6 Å². The van der Waals surface area contributed by atoms with Crippen LogP contribution >= 0.6 is 11.3 Å². The van der Waals surface area contributed by atoms with Gasteiger partial charge in [-0.15, -0.1) is 11.3 Å². The van der Waals surface area contributed by atoms with Crippen molar-refractivity contribution >= 4 is 35.1 Å². The van der Waals surface area contributed by atoms with Crippen LogP contribution < -0.4 is 15.9 Å². The van der Waals surface area contributed by atoms with E-state index in [0.717, 1.165) is 21.8 Å². The number of hydrogen-bond acceptors (Lipinski definition) is 7. The maximum absolute atomic E-state index is 12.4. The first kappa shape index (κ1) is 20.1. The van der Waals surface area contributed by atoms with Crippen molar-refractivity contribution in [2.45, 2.75) is 0 Å². The molecule has 0 radical (unpaired) electrons. The van der Waals surface area contributed by atoms with Crippen LogP contribution in [0.1, 0.15) is 25.6 Å². The molecule has 0 saturated carbocycles. The summed E-state index contributed by atoms with van der Waals surface area (Å²) < 4.78 is 9.80. The Labute approximate surface area is 171 Å². The molecule has 0 bridgehead atoms. The normalized spacial score (nSPS) is 10.7. The van der Waals surface area contributed by atoms with Crippen LogP contribution in [0.15, 0.2) is 59.7 Å². The average Bonchev–Trinajstić information content (AvgIpc) is 3.15. The summed E-state index contributed by atoms with van der Waals surface area (Å²) in [6.07, 6.45) is 1.48. The summed E-state index contributed by atoms with van der Waals surface area (Å²) in [7, 11) is 2.93. The molecule has 0 spiro atoms. The predicted octanol–water partition coefficient (Wildman–Crippen LogP) is 3.56. The topological polar surface area (TPSA) is 103 Å². The molecule has 2 aromatic carbocycles. The standard InChI is InChI=1S/C21H19N3O4S/c1-27-16-9-7-14(8-10-16)18-11-17(22)19(29-18)20(25)24-23-12-13-3-5-15(6-4-13)21(26)28-2/h3-12H,22H2,1-2H3,(H,24,25)/b23-12-. The lowest BCUT2D eigenvalue weighted by Gasteiger charge is -2.01. The van der Waals surface area contributed by atoms with E-state index in [9.17, 15) is 9.59 Å². The van der Waals surface area contributed by atoms with Crippen molar-refractivity contribution in [2.24, 2.45) is 5.10 Å². The van der Waals surface area contributed by atoms with Crippen LogP contribution in [-0.2, 0) is 4.74 Å². The number of carbonyl (C=O) groups excluding carboxylic acids is 2. The van der Waals surface area contributed by atoms with Gasteiger partial charge in [0.15, 0.2) is 0 Å². The number of nitrogen functional groups attached to an aromatic ring is 1. The summed E-state index contributed by atoms with van der Waals surface area (Å²) in [5, 5.41) is 3.95. The largest absolute Gasteiger partial charge is 0.497 e. The molecule has 0 aliphatic carbocycles. The van der Waals surface area contributed by atoms with Gasteiger partial charge < -0.3 is 15.2 Å². The smallest absolute Gasteiger partial charge is 0.337 e. The van der Waals surface area contributed by atoms with E-state index >= 15 is 0 Å². The van der Waals surface area contributed by atoms with Gasteiger partial charge in [0.05, 0.1) is 31.7 Å². The maximum atomic E-state index is 12.4. The number of nitrogens with two attached hydrogens (primary N) is 1. The Balaban J connectivity index is 1.67. The van der Waals surface area contributed by atoms with Crippen LogP contribution in [0.2, 0.25) is 0 Å². The fourth-order valence-electron chi connectivity index (χ4n) is 2.52. The molecule has 1 amide bonds. The second-order valence-corrected chi connectivity index (χ2v) is 6.99. The van der Waals surface area contributed by atoms with E-state index in [4.69, 9.17) is 10.5 Å². The van der Waals surface area contributed by atoms with E-state index in [1.807, 2.05) is 24.3 Å². The molecule has 1 heterocycles. The zero-order valence-electron chi connectivity index (χ0n) is 15.8. The number of benzene rings is 2. The van der Waals surface area contributed by atoms with E-state index in [1.165, 1.54) is 24.7 Å². The van der Waals surface area contributed by atoms with E-state index in [-0.39, 0.29) is 0 Å². The molecule has 0 unspecified atom stereocenters. The van der Waals surface area contributed by atoms with Crippen molar-refractivity contribution in [3.8, 4) is 16.2 Å². The number of esters is 1. The Bertz CT molecular complexity index is 1040. The van der Waals surface area contributed by atoms with Crippen molar-refractivity contribution in [1.29, 1.82) is 0 Å². The van der Waals surface area contributed by atoms with Crippen molar-refractivity contribution < 1.29 is 19.1 Å². The van der Waals surface area contributed by atoms with E-state index in [1.54, 1.807) is 37.4 Å². The number of hydrazone groups is 1. The number of hydrogen-bond donors (Lipinski definition) is 2. The second kappa shape index (κ2) is 9.03. The Morgan fingerprint density at radius 3 is 2.38 bits per heavy atom. The van der Waals surface area contributed by atoms with Crippen LogP contribution in [0.5, 0.6) is 5.75 Å². The molecular weight excluding hydrogens is 390 g/mol. The Morgan fingerprint density at radius 1 is 1.07 bits per heavy atom. The van der Waals surface area contributed by atoms with Gasteiger partial charge in [0, 0.05) is 4.88 Å². The lowest BCUT2D eigenvalue weighted by Crippen LogP contribution is -2.17. The highest BCUT2D eigenvalue weighted by Gasteiger charge is 2.15. The maximum Gasteiger partial charge on any atom is 0.337 e. The molecule has 8 heteroatoms. The predicted molar refractivity (Wildman–Crippen MR) is 114 cm³/mol. The fraction of sp³-hybridized carbons (Fsp3) is 0.0952. The molecule has 3 aromatic rings. The number of rotatable bonds is 6. The molecule has 0 atom stereocenters. The summed E-state index contributed by atoms with van der Waals surface area (Å²) >= 11 is 1.28. The van der Waals surface area contributed by atoms with Crippen LogP contribution in [0.4, 0.5) is 5.69 Å². The molecule has 29 heavy (non-hydrogen) atoms. The van der Waals surface area contributed by atoms with E-state index < -0.39 is 11.9 Å². The minimum Gasteiger partial charge on any atom is -0.497 e. The number of thiophene rings is 1. The van der Waals surface area contributed by atoms with Gasteiger partial charge >= 0.3 is 5.97 Å². The summed E-state index contributed by atoms with van der Waals surface area (Å²) in [5.41, 5.74) is 11.0. The zero-order valence-corrected chi connectivity index (χ0v) is 16.7. The SMILES string of the molecule is COC(=O)c1ccc(/C=N\NC(=O)c2sc(-c3ccc(OC)cc3)cc2N)cc1. The summed E-state index contributed by atoms with van der Waals surface area (Å²) in [4.78, 5) is 25.1. The summed E-state index contributed by atoms with van der Waals surface area (Å²) in [5.74, 6) is -0.0532. The highest BCUT2D eigenvalue weighted by atomic mass is 32.1. The molecule has 0 saturated heterocycles. The van der Waals surface area contributed by atoms with Gasteiger partial charge in [-0.2, -0.15) is 5.10 Å². The lowest BCUT2D eigenvalue weighted by atomic mass is 10.1. The van der Waals surface area contributed by atoms with E-state index in [0.29, 0.717) is 16.1 Å². The number of anilines is 1. The highest BCUT2D eigenvalue weighted by Crippen LogP contribution is 2.33. The summed E-state index contributed by atoms with van der Waals surface area (Å²) in [6.45, 7) is 0. The quantitative estimate of drug-likeness (QED) is 0.368. The molecule has 0 fully saturated rings. The Kier molecular flexibility index (Phi) is 6.25. The van der Waals surface area contributed by atoms with Crippen molar-refractivity contribution in [2.75, 3.05) is 20.0 Å². The number of carbonyl (C=O) groups is 2. The summed E-state index contributed by atoms with van der Waals surface area (Å²) in [6, 6.07) is 15.9. The first-order valence-corrected chi connectivity index (χ1v) is 9.39. The molecule has 148 valence electrons. The van der Waals surface area contributed by atoms with Gasteiger partial charge in [-0.3, -0.25) is 4.79 Å². The fourth-order valence-corrected chi connectivity index (χ4v) is 3.49. The first-order chi connectivity index (χ1) is 14.0. The highest BCUT2D eigenvalue weighted by molar-refractivity contribution is 7.18. The van der Waals surface area contributed by atoms with Gasteiger partial charge in [-0.1, -0.05) is 12.1 Å². The monoisotopic (exact) mass is 409 g/mol. The number of ether oxygens (including phenoxy) is 2. The third kappa shape index (κ3) is 4.80. The molecule has 1 aromatic heterocycles. The minimum atomic E-state index is -0.414.